The molecule has 6 rings (SSSR count). The number of rotatable bonds is 6. The molecule has 0 atom stereocenters. The number of anilines is 2. The molecule has 2 heterocycles. The second-order valence-corrected chi connectivity index (χ2v) is 12.2. The second-order valence-electron chi connectivity index (χ2n) is 12.2. The van der Waals surface area contributed by atoms with Crippen LogP contribution >= 0.6 is 0 Å². The van der Waals surface area contributed by atoms with Gasteiger partial charge in [-0.1, -0.05) is 36.4 Å². The summed E-state index contributed by atoms with van der Waals surface area (Å²) in [6, 6.07) is 15.9. The maximum atomic E-state index is 13.3. The van der Waals surface area contributed by atoms with Gasteiger partial charge in [-0.3, -0.25) is 29.0 Å². The van der Waals surface area contributed by atoms with Gasteiger partial charge in [0.15, 0.2) is 0 Å². The zero-order chi connectivity index (χ0) is 30.1. The molecule has 224 valence electrons. The van der Waals surface area contributed by atoms with Gasteiger partial charge in [0.05, 0.1) is 11.4 Å². The highest BCUT2D eigenvalue weighted by Gasteiger charge is 2.45. The Morgan fingerprint density at radius 2 is 0.814 bits per heavy atom. The van der Waals surface area contributed by atoms with E-state index in [1.807, 2.05) is 12.1 Å². The van der Waals surface area contributed by atoms with Gasteiger partial charge < -0.3 is 0 Å². The molecule has 0 aromatic heterocycles. The van der Waals surface area contributed by atoms with E-state index in [1.54, 1.807) is 48.5 Å². The molecule has 10 nitrogen and oxygen atoms in total. The first-order valence-electron chi connectivity index (χ1n) is 15.3. The van der Waals surface area contributed by atoms with Crippen molar-refractivity contribution in [2.75, 3.05) is 9.80 Å². The average Bonchev–Trinajstić information content (AvgIpc) is 2.99. The fourth-order valence-corrected chi connectivity index (χ4v) is 7.36. The molecule has 0 radical (unpaired) electrons. The van der Waals surface area contributed by atoms with Crippen LogP contribution in [0.3, 0.4) is 0 Å². The summed E-state index contributed by atoms with van der Waals surface area (Å²) in [6.45, 7) is 0. The number of hydrogen-bond donors (Lipinski definition) is 0. The highest BCUT2D eigenvalue weighted by atomic mass is 16.2. The van der Waals surface area contributed by atoms with Crippen LogP contribution in [0.25, 0.3) is 0 Å². The van der Waals surface area contributed by atoms with Crippen LogP contribution in [0.15, 0.2) is 60.7 Å². The summed E-state index contributed by atoms with van der Waals surface area (Å²) in [4.78, 5) is 82.2. The van der Waals surface area contributed by atoms with Gasteiger partial charge in [0.2, 0.25) is 23.6 Å². The van der Waals surface area contributed by atoms with E-state index in [0.717, 1.165) is 41.9 Å². The minimum Gasteiger partial charge on any atom is -0.274 e. The van der Waals surface area contributed by atoms with Crippen LogP contribution in [0.5, 0.6) is 0 Å². The Labute approximate surface area is 250 Å². The van der Waals surface area contributed by atoms with Crippen molar-refractivity contribution in [1.82, 2.24) is 9.80 Å². The van der Waals surface area contributed by atoms with Gasteiger partial charge in [-0.2, -0.15) is 0 Å². The first kappa shape index (κ1) is 28.8. The second kappa shape index (κ2) is 12.1. The third kappa shape index (κ3) is 5.70. The van der Waals surface area contributed by atoms with Crippen LogP contribution in [0.2, 0.25) is 0 Å². The van der Waals surface area contributed by atoms with E-state index in [1.165, 1.54) is 9.80 Å². The molecule has 2 aliphatic heterocycles. The Kier molecular flexibility index (Phi) is 8.10. The van der Waals surface area contributed by atoms with Gasteiger partial charge >= 0.3 is 12.1 Å². The van der Waals surface area contributed by atoms with Crippen molar-refractivity contribution < 1.29 is 28.8 Å². The summed E-state index contributed by atoms with van der Waals surface area (Å²) in [6.07, 6.45) is 6.90. The Balaban J connectivity index is 1.01. The van der Waals surface area contributed by atoms with E-state index < -0.39 is 35.7 Å². The van der Waals surface area contributed by atoms with Crippen LogP contribution in [0.1, 0.15) is 70.6 Å². The summed E-state index contributed by atoms with van der Waals surface area (Å²) >= 11 is 0. The SMILES string of the molecule is O=C1CC(=O)N(C2CCC(CC3CCC(N4C(=O)CC(=O)N(c5ccccc5)C4=O)CC3)CC2)C(=O)N1c1ccccc1. The van der Waals surface area contributed by atoms with Gasteiger partial charge in [-0.25, -0.2) is 19.4 Å². The molecule has 2 aromatic carbocycles. The molecule has 0 N–H and O–H groups in total. The molecule has 4 aliphatic rings. The highest BCUT2D eigenvalue weighted by molar-refractivity contribution is 6.27. The molecule has 0 bridgehead atoms. The number of barbiturate groups is 2. The van der Waals surface area contributed by atoms with E-state index in [9.17, 15) is 28.8 Å². The van der Waals surface area contributed by atoms with Crippen LogP contribution in [-0.2, 0) is 19.2 Å². The summed E-state index contributed by atoms with van der Waals surface area (Å²) in [5.74, 6) is -0.868. The van der Waals surface area contributed by atoms with Crippen LogP contribution in [0, 0.1) is 11.8 Å². The van der Waals surface area contributed by atoms with Crippen molar-refractivity contribution in [2.24, 2.45) is 11.8 Å². The number of nitrogens with zero attached hydrogens (tertiary/aromatic N) is 4. The lowest BCUT2D eigenvalue weighted by atomic mass is 9.75. The molecule has 2 saturated heterocycles. The van der Waals surface area contributed by atoms with Gasteiger partial charge in [0.25, 0.3) is 0 Å². The lowest BCUT2D eigenvalue weighted by molar-refractivity contribution is -0.138. The number of carbonyl (C=O) groups excluding carboxylic acids is 6. The lowest BCUT2D eigenvalue weighted by Crippen LogP contribution is -2.59. The van der Waals surface area contributed by atoms with Crippen molar-refractivity contribution >= 4 is 47.1 Å². The monoisotopic (exact) mass is 584 g/mol. The molecule has 2 aliphatic carbocycles. The van der Waals surface area contributed by atoms with Gasteiger partial charge in [0.1, 0.15) is 12.8 Å². The quantitative estimate of drug-likeness (QED) is 0.428. The number of imide groups is 4. The largest absolute Gasteiger partial charge is 0.338 e. The lowest BCUT2D eigenvalue weighted by Gasteiger charge is -2.42. The molecule has 0 unspecified atom stereocenters. The number of para-hydroxylation sites is 2. The number of benzene rings is 2. The molecular formula is C33H36N4O6. The average molecular weight is 585 g/mol. The Morgan fingerprint density at radius 1 is 0.465 bits per heavy atom. The summed E-state index contributed by atoms with van der Waals surface area (Å²) in [7, 11) is 0. The maximum Gasteiger partial charge on any atom is 0.338 e. The summed E-state index contributed by atoms with van der Waals surface area (Å²) in [5, 5.41) is 0. The van der Waals surface area contributed by atoms with Crippen LogP contribution in [0.4, 0.5) is 21.0 Å². The predicted octanol–water partition coefficient (Wildman–Crippen LogP) is 5.27. The van der Waals surface area contributed by atoms with E-state index in [4.69, 9.17) is 0 Å². The summed E-state index contributed by atoms with van der Waals surface area (Å²) in [5.41, 5.74) is 0.957. The Morgan fingerprint density at radius 3 is 1.16 bits per heavy atom. The smallest absolute Gasteiger partial charge is 0.274 e. The molecule has 2 aromatic rings. The zero-order valence-corrected chi connectivity index (χ0v) is 24.1. The molecule has 43 heavy (non-hydrogen) atoms. The van der Waals surface area contributed by atoms with E-state index >= 15 is 0 Å². The van der Waals surface area contributed by atoms with E-state index in [2.05, 4.69) is 0 Å². The van der Waals surface area contributed by atoms with Crippen molar-refractivity contribution in [1.29, 1.82) is 0 Å². The molecule has 4 fully saturated rings. The number of carbonyl (C=O) groups is 6. The predicted molar refractivity (Wildman–Crippen MR) is 158 cm³/mol. The Bertz CT molecular complexity index is 1310. The number of urea groups is 2. The van der Waals surface area contributed by atoms with Crippen molar-refractivity contribution in [3.8, 4) is 0 Å². The third-order valence-corrected chi connectivity index (χ3v) is 9.49. The summed E-state index contributed by atoms with van der Waals surface area (Å²) < 4.78 is 0. The molecule has 8 amide bonds. The normalized spacial score (nSPS) is 27.3. The molecule has 10 heteroatoms. The molecule has 0 spiro atoms. The standard InChI is InChI=1S/C33H36N4O6/c38-28-20-30(40)36(32(42)34(28)24-7-3-1-4-8-24)26-15-11-22(12-16-26)19-23-13-17-27(18-14-23)37-31(41)21-29(39)35(33(37)43)25-9-5-2-6-10-25/h1-10,22-23,26-27H,11-21H2. The molecule has 2 saturated carbocycles. The topological polar surface area (TPSA) is 115 Å². The maximum absolute atomic E-state index is 13.3. The minimum atomic E-state index is -0.552. The van der Waals surface area contributed by atoms with E-state index in [0.29, 0.717) is 48.9 Å². The van der Waals surface area contributed by atoms with Gasteiger partial charge in [0, 0.05) is 12.1 Å². The molecular weight excluding hydrogens is 548 g/mol. The first-order valence-corrected chi connectivity index (χ1v) is 15.3. The van der Waals surface area contributed by atoms with Crippen molar-refractivity contribution in [2.45, 2.75) is 82.7 Å². The fourth-order valence-electron chi connectivity index (χ4n) is 7.36. The highest BCUT2D eigenvalue weighted by Crippen LogP contribution is 2.39. The minimum absolute atomic E-state index is 0.210. The third-order valence-electron chi connectivity index (χ3n) is 9.49. The van der Waals surface area contributed by atoms with Crippen molar-refractivity contribution in [3.63, 3.8) is 0 Å². The number of hydrogen-bond acceptors (Lipinski definition) is 6. The Hall–Kier alpha value is -4.34. The first-order chi connectivity index (χ1) is 20.8. The van der Waals surface area contributed by atoms with Crippen LogP contribution in [-0.4, -0.2) is 57.6 Å². The van der Waals surface area contributed by atoms with Crippen LogP contribution < -0.4 is 9.80 Å². The number of amides is 8. The van der Waals surface area contributed by atoms with E-state index in [-0.39, 0.29) is 24.9 Å². The fraction of sp³-hybridized carbons (Fsp3) is 0.455. The van der Waals surface area contributed by atoms with Gasteiger partial charge in [-0.15, -0.1) is 0 Å². The van der Waals surface area contributed by atoms with Crippen molar-refractivity contribution in [3.05, 3.63) is 60.7 Å². The zero-order valence-electron chi connectivity index (χ0n) is 24.1. The van der Waals surface area contributed by atoms with Gasteiger partial charge in [-0.05, 0) is 93.9 Å².